The van der Waals surface area contributed by atoms with Crippen LogP contribution in [0.1, 0.15) is 30.7 Å². The highest BCUT2D eigenvalue weighted by molar-refractivity contribution is 7.13. The van der Waals surface area contributed by atoms with Crippen molar-refractivity contribution in [1.29, 1.82) is 0 Å². The fourth-order valence-corrected chi connectivity index (χ4v) is 2.81. The number of aromatic nitrogens is 1. The van der Waals surface area contributed by atoms with E-state index in [1.165, 1.54) is 11.3 Å². The molecule has 3 N–H and O–H groups in total. The number of nitrogens with zero attached hydrogens (tertiary/aromatic N) is 1. The van der Waals surface area contributed by atoms with Crippen molar-refractivity contribution in [3.63, 3.8) is 0 Å². The SMILES string of the molecule is Cc1nc(C)c(C(=O)NCC#CCOc2ccccc2C(N)=O)s1. The molecule has 0 aliphatic rings. The first kappa shape index (κ1) is 17.5. The van der Waals surface area contributed by atoms with Crippen LogP contribution in [-0.4, -0.2) is 29.9 Å². The Morgan fingerprint density at radius 1 is 1.29 bits per heavy atom. The Morgan fingerprint density at radius 3 is 2.71 bits per heavy atom. The molecule has 1 heterocycles. The lowest BCUT2D eigenvalue weighted by Gasteiger charge is -2.05. The molecule has 2 aromatic rings. The molecule has 0 atom stereocenters. The second-order valence-corrected chi connectivity index (χ2v) is 6.04. The largest absolute Gasteiger partial charge is 0.480 e. The molecule has 0 spiro atoms. The lowest BCUT2D eigenvalue weighted by Crippen LogP contribution is -2.23. The maximum atomic E-state index is 12.0. The zero-order chi connectivity index (χ0) is 17.5. The molecule has 0 aliphatic heterocycles. The van der Waals surface area contributed by atoms with E-state index in [2.05, 4.69) is 22.1 Å². The summed E-state index contributed by atoms with van der Waals surface area (Å²) in [5, 5.41) is 3.56. The van der Waals surface area contributed by atoms with E-state index < -0.39 is 5.91 Å². The number of hydrogen-bond donors (Lipinski definition) is 2. The van der Waals surface area contributed by atoms with Crippen LogP contribution in [0.5, 0.6) is 5.75 Å². The van der Waals surface area contributed by atoms with E-state index in [9.17, 15) is 9.59 Å². The quantitative estimate of drug-likeness (QED) is 0.808. The molecule has 0 saturated carbocycles. The van der Waals surface area contributed by atoms with Gasteiger partial charge in [-0.1, -0.05) is 24.0 Å². The molecule has 2 rings (SSSR count). The molecule has 124 valence electrons. The molecule has 1 aromatic carbocycles. The van der Waals surface area contributed by atoms with Gasteiger partial charge >= 0.3 is 0 Å². The summed E-state index contributed by atoms with van der Waals surface area (Å²) in [6, 6.07) is 6.69. The average Bonchev–Trinajstić information content (AvgIpc) is 2.89. The molecule has 0 aliphatic carbocycles. The maximum absolute atomic E-state index is 12.0. The topological polar surface area (TPSA) is 94.3 Å². The number of carbonyl (C=O) groups is 2. The smallest absolute Gasteiger partial charge is 0.264 e. The first-order valence-corrected chi connectivity index (χ1v) is 8.00. The monoisotopic (exact) mass is 343 g/mol. The highest BCUT2D eigenvalue weighted by Crippen LogP contribution is 2.17. The number of hydrogen-bond acceptors (Lipinski definition) is 5. The summed E-state index contributed by atoms with van der Waals surface area (Å²) in [6.07, 6.45) is 0. The van der Waals surface area contributed by atoms with E-state index in [4.69, 9.17) is 10.5 Å². The van der Waals surface area contributed by atoms with Gasteiger partial charge < -0.3 is 15.8 Å². The van der Waals surface area contributed by atoms with Gasteiger partial charge in [0.15, 0.2) is 0 Å². The van der Waals surface area contributed by atoms with Gasteiger partial charge in [-0.3, -0.25) is 9.59 Å². The predicted molar refractivity (Wildman–Crippen MR) is 92.2 cm³/mol. The number of amides is 2. The molecule has 2 amide bonds. The number of primary amides is 1. The van der Waals surface area contributed by atoms with Crippen LogP contribution in [0.2, 0.25) is 0 Å². The van der Waals surface area contributed by atoms with Gasteiger partial charge in [0.05, 0.1) is 22.8 Å². The molecule has 0 unspecified atom stereocenters. The minimum absolute atomic E-state index is 0.0961. The van der Waals surface area contributed by atoms with Crippen molar-refractivity contribution in [1.82, 2.24) is 10.3 Å². The zero-order valence-corrected chi connectivity index (χ0v) is 14.2. The molecule has 0 bridgehead atoms. The molecular weight excluding hydrogens is 326 g/mol. The third-order valence-corrected chi connectivity index (χ3v) is 4.10. The summed E-state index contributed by atoms with van der Waals surface area (Å²) in [6.45, 7) is 3.96. The first-order valence-electron chi connectivity index (χ1n) is 7.18. The van der Waals surface area contributed by atoms with Crippen LogP contribution in [0.15, 0.2) is 24.3 Å². The summed E-state index contributed by atoms with van der Waals surface area (Å²) >= 11 is 1.35. The summed E-state index contributed by atoms with van der Waals surface area (Å²) in [5.41, 5.74) is 6.29. The van der Waals surface area contributed by atoms with E-state index in [0.717, 1.165) is 5.01 Å². The Labute approximate surface area is 144 Å². The molecule has 0 fully saturated rings. The standard InChI is InChI=1S/C17H17N3O3S/c1-11-15(24-12(2)20-11)17(22)19-9-5-6-10-23-14-8-4-3-7-13(14)16(18)21/h3-4,7-8H,9-10H2,1-2H3,(H2,18,21)(H,19,22). The van der Waals surface area contributed by atoms with E-state index in [1.807, 2.05) is 6.92 Å². The molecule has 7 heteroatoms. The number of rotatable bonds is 5. The Morgan fingerprint density at radius 2 is 2.04 bits per heavy atom. The van der Waals surface area contributed by atoms with Crippen molar-refractivity contribution < 1.29 is 14.3 Å². The van der Waals surface area contributed by atoms with Crippen LogP contribution < -0.4 is 15.8 Å². The normalized spacial score (nSPS) is 9.75. The second kappa shape index (κ2) is 8.13. The van der Waals surface area contributed by atoms with Crippen LogP contribution in [0, 0.1) is 25.7 Å². The third-order valence-electron chi connectivity index (χ3n) is 3.02. The molecule has 24 heavy (non-hydrogen) atoms. The van der Waals surface area contributed by atoms with Gasteiger partial charge in [0.2, 0.25) is 0 Å². The predicted octanol–water partition coefficient (Wildman–Crippen LogP) is 1.67. The van der Waals surface area contributed by atoms with Gasteiger partial charge in [-0.25, -0.2) is 4.98 Å². The summed E-state index contributed by atoms with van der Waals surface area (Å²) in [5.74, 6) is 5.21. The summed E-state index contributed by atoms with van der Waals surface area (Å²) in [7, 11) is 0. The van der Waals surface area contributed by atoms with Crippen LogP contribution >= 0.6 is 11.3 Å². The van der Waals surface area contributed by atoms with Crippen LogP contribution in [0.3, 0.4) is 0 Å². The van der Waals surface area contributed by atoms with Crippen molar-refractivity contribution in [2.45, 2.75) is 13.8 Å². The number of ether oxygens (including phenoxy) is 1. The van der Waals surface area contributed by atoms with Gasteiger partial charge in [-0.2, -0.15) is 0 Å². The van der Waals surface area contributed by atoms with Crippen molar-refractivity contribution in [3.8, 4) is 17.6 Å². The fraction of sp³-hybridized carbons (Fsp3) is 0.235. The zero-order valence-electron chi connectivity index (χ0n) is 13.4. The lowest BCUT2D eigenvalue weighted by molar-refractivity contribution is 0.0960. The van der Waals surface area contributed by atoms with Crippen molar-refractivity contribution in [2.75, 3.05) is 13.2 Å². The van der Waals surface area contributed by atoms with Crippen molar-refractivity contribution in [2.24, 2.45) is 5.73 Å². The average molecular weight is 343 g/mol. The van der Waals surface area contributed by atoms with Gasteiger partial charge in [0.25, 0.3) is 11.8 Å². The molecule has 0 saturated heterocycles. The van der Waals surface area contributed by atoms with Crippen molar-refractivity contribution >= 4 is 23.2 Å². The Bertz CT molecular complexity index is 818. The Hall–Kier alpha value is -2.85. The van der Waals surface area contributed by atoms with Gasteiger partial charge in [-0.05, 0) is 26.0 Å². The van der Waals surface area contributed by atoms with Gasteiger partial charge in [-0.15, -0.1) is 11.3 Å². The van der Waals surface area contributed by atoms with E-state index in [0.29, 0.717) is 21.9 Å². The van der Waals surface area contributed by atoms with Crippen LogP contribution in [0.4, 0.5) is 0 Å². The minimum atomic E-state index is -0.555. The molecular formula is C17H17N3O3S. The van der Waals surface area contributed by atoms with Crippen molar-refractivity contribution in [3.05, 3.63) is 45.4 Å². The maximum Gasteiger partial charge on any atom is 0.264 e. The highest BCUT2D eigenvalue weighted by atomic mass is 32.1. The van der Waals surface area contributed by atoms with E-state index in [1.54, 1.807) is 31.2 Å². The van der Waals surface area contributed by atoms with E-state index >= 15 is 0 Å². The third kappa shape index (κ3) is 4.57. The van der Waals surface area contributed by atoms with Crippen LogP contribution in [-0.2, 0) is 0 Å². The number of nitrogens with two attached hydrogens (primary N) is 1. The Kier molecular flexibility index (Phi) is 5.93. The fourth-order valence-electron chi connectivity index (χ4n) is 1.97. The molecule has 6 nitrogen and oxygen atoms in total. The number of benzene rings is 1. The molecule has 0 radical (unpaired) electrons. The minimum Gasteiger partial charge on any atom is -0.480 e. The number of nitrogens with one attached hydrogen (secondary N) is 1. The lowest BCUT2D eigenvalue weighted by atomic mass is 10.2. The summed E-state index contributed by atoms with van der Waals surface area (Å²) < 4.78 is 5.42. The van der Waals surface area contributed by atoms with Crippen LogP contribution in [0.25, 0.3) is 0 Å². The molecule has 1 aromatic heterocycles. The number of carbonyl (C=O) groups excluding carboxylic acids is 2. The first-order chi connectivity index (χ1) is 11.5. The number of aryl methyl sites for hydroxylation is 2. The number of thiazole rings is 1. The second-order valence-electron chi connectivity index (χ2n) is 4.83. The van der Waals surface area contributed by atoms with Gasteiger partial charge in [0, 0.05) is 0 Å². The number of para-hydroxylation sites is 1. The van der Waals surface area contributed by atoms with Gasteiger partial charge in [0.1, 0.15) is 17.2 Å². The summed E-state index contributed by atoms with van der Waals surface area (Å²) in [4.78, 5) is 28.0. The highest BCUT2D eigenvalue weighted by Gasteiger charge is 2.12. The Balaban J connectivity index is 1.82. The van der Waals surface area contributed by atoms with E-state index in [-0.39, 0.29) is 19.1 Å².